The van der Waals surface area contributed by atoms with Gasteiger partial charge in [-0.3, -0.25) is 5.43 Å². The van der Waals surface area contributed by atoms with Crippen molar-refractivity contribution in [3.63, 3.8) is 0 Å². The van der Waals surface area contributed by atoms with Crippen molar-refractivity contribution < 1.29 is 0 Å². The minimum absolute atomic E-state index is 0.545. The molecule has 0 aromatic carbocycles. The third kappa shape index (κ3) is 1.62. The van der Waals surface area contributed by atoms with Crippen LogP contribution < -0.4 is 5.43 Å². The molecule has 1 saturated heterocycles. The van der Waals surface area contributed by atoms with Gasteiger partial charge in [0.15, 0.2) is 0 Å². The third-order valence-corrected chi connectivity index (χ3v) is 3.70. The van der Waals surface area contributed by atoms with Crippen molar-refractivity contribution in [2.45, 2.75) is 46.1 Å². The first-order valence-corrected chi connectivity index (χ1v) is 5.38. The molecule has 1 aliphatic carbocycles. The summed E-state index contributed by atoms with van der Waals surface area (Å²) in [5.41, 5.74) is 4.44. The van der Waals surface area contributed by atoms with E-state index in [1.807, 2.05) is 0 Å². The van der Waals surface area contributed by atoms with Crippen LogP contribution in [0.15, 0.2) is 0 Å². The number of fused-ring (bicyclic) bond motifs is 2. The first kappa shape index (κ1) is 9.47. The molecule has 2 unspecified atom stereocenters. The van der Waals surface area contributed by atoms with Gasteiger partial charge in [-0.1, -0.05) is 20.8 Å². The van der Waals surface area contributed by atoms with Crippen molar-refractivity contribution >= 4 is 0 Å². The zero-order valence-electron chi connectivity index (χ0n) is 9.35. The maximum atomic E-state index is 3.33. The Kier molecular flexibility index (Phi) is 1.97. The van der Waals surface area contributed by atoms with Crippen LogP contribution in [0.4, 0.5) is 0 Å². The minimum Gasteiger partial charge on any atom is -0.258 e. The molecule has 0 spiro atoms. The lowest BCUT2D eigenvalue weighted by Gasteiger charge is -2.39. The Morgan fingerprint density at radius 1 is 1.23 bits per heavy atom. The van der Waals surface area contributed by atoms with E-state index in [2.05, 4.69) is 38.3 Å². The Morgan fingerprint density at radius 2 is 1.92 bits per heavy atom. The van der Waals surface area contributed by atoms with Gasteiger partial charge in [-0.15, -0.1) is 0 Å². The Balaban J connectivity index is 2.18. The van der Waals surface area contributed by atoms with Crippen LogP contribution in [0.5, 0.6) is 0 Å². The van der Waals surface area contributed by atoms with Gasteiger partial charge in [0.05, 0.1) is 0 Å². The molecule has 1 N–H and O–H groups in total. The largest absolute Gasteiger partial charge is 0.258 e. The van der Waals surface area contributed by atoms with E-state index in [1.54, 1.807) is 0 Å². The van der Waals surface area contributed by atoms with Crippen molar-refractivity contribution in [3.8, 4) is 0 Å². The van der Waals surface area contributed by atoms with Gasteiger partial charge in [-0.05, 0) is 37.1 Å². The summed E-state index contributed by atoms with van der Waals surface area (Å²) in [6, 6.07) is 0.777. The summed E-state index contributed by atoms with van der Waals surface area (Å²) in [7, 11) is 2.05. The van der Waals surface area contributed by atoms with Crippen LogP contribution in [0.1, 0.15) is 40.0 Å². The summed E-state index contributed by atoms with van der Waals surface area (Å²) in [5, 5.41) is 2.44. The zero-order valence-corrected chi connectivity index (χ0v) is 9.35. The lowest BCUT2D eigenvalue weighted by Crippen LogP contribution is -2.40. The van der Waals surface area contributed by atoms with E-state index in [9.17, 15) is 0 Å². The van der Waals surface area contributed by atoms with Crippen LogP contribution in [0.2, 0.25) is 0 Å². The molecule has 0 radical (unpaired) electrons. The fourth-order valence-corrected chi connectivity index (χ4v) is 3.72. The lowest BCUT2D eigenvalue weighted by atomic mass is 9.65. The number of nitrogens with zero attached hydrogens (tertiary/aromatic N) is 1. The van der Waals surface area contributed by atoms with Crippen molar-refractivity contribution in [2.24, 2.45) is 10.8 Å². The summed E-state index contributed by atoms with van der Waals surface area (Å²) in [6.07, 6.45) is 4.12. The Bertz CT molecular complexity index is 212. The first-order valence-electron chi connectivity index (χ1n) is 5.38. The number of hydrogen-bond donors (Lipinski definition) is 1. The molecule has 2 atom stereocenters. The van der Waals surface area contributed by atoms with Crippen molar-refractivity contribution in [3.05, 3.63) is 0 Å². The molecule has 76 valence electrons. The fourth-order valence-electron chi connectivity index (χ4n) is 3.72. The summed E-state index contributed by atoms with van der Waals surface area (Å²) in [6.45, 7) is 8.50. The standard InChI is InChI=1S/C11H22N2/c1-10(2)5-9-6-11(3,7-10)8-13(9)12-4/h9,12H,5-8H2,1-4H3. The molecule has 2 aliphatic rings. The summed E-state index contributed by atoms with van der Waals surface area (Å²) >= 11 is 0. The molecular weight excluding hydrogens is 160 g/mol. The molecule has 2 bridgehead atoms. The number of hydrogen-bond acceptors (Lipinski definition) is 2. The average Bonchev–Trinajstić information content (AvgIpc) is 2.19. The van der Waals surface area contributed by atoms with Crippen LogP contribution in [0.3, 0.4) is 0 Å². The lowest BCUT2D eigenvalue weighted by molar-refractivity contribution is 0.118. The van der Waals surface area contributed by atoms with E-state index >= 15 is 0 Å². The van der Waals surface area contributed by atoms with E-state index in [0.717, 1.165) is 6.04 Å². The molecule has 13 heavy (non-hydrogen) atoms. The van der Waals surface area contributed by atoms with E-state index in [1.165, 1.54) is 25.8 Å². The van der Waals surface area contributed by atoms with Crippen LogP contribution in [0, 0.1) is 10.8 Å². The highest BCUT2D eigenvalue weighted by atomic mass is 15.5. The normalized spacial score (nSPS) is 43.8. The van der Waals surface area contributed by atoms with Crippen LogP contribution in [-0.2, 0) is 0 Å². The molecule has 2 rings (SSSR count). The van der Waals surface area contributed by atoms with Crippen molar-refractivity contribution in [1.82, 2.24) is 10.4 Å². The molecule has 1 heterocycles. The Labute approximate surface area is 81.7 Å². The minimum atomic E-state index is 0.545. The molecule has 1 saturated carbocycles. The highest BCUT2D eigenvalue weighted by Crippen LogP contribution is 2.51. The van der Waals surface area contributed by atoms with Crippen LogP contribution >= 0.6 is 0 Å². The number of nitrogens with one attached hydrogen (secondary N) is 1. The van der Waals surface area contributed by atoms with Crippen molar-refractivity contribution in [1.29, 1.82) is 0 Å². The maximum absolute atomic E-state index is 3.33. The second-order valence-corrected chi connectivity index (χ2v) is 6.07. The molecule has 2 heteroatoms. The molecule has 0 aromatic heterocycles. The molecule has 2 fully saturated rings. The average molecular weight is 182 g/mol. The van der Waals surface area contributed by atoms with E-state index in [-0.39, 0.29) is 0 Å². The molecule has 2 nitrogen and oxygen atoms in total. The predicted octanol–water partition coefficient (Wildman–Crippen LogP) is 2.02. The SMILES string of the molecule is CNN1CC2(C)CC1CC(C)(C)C2. The van der Waals surface area contributed by atoms with Gasteiger partial charge >= 0.3 is 0 Å². The summed E-state index contributed by atoms with van der Waals surface area (Å²) < 4.78 is 0. The third-order valence-electron chi connectivity index (χ3n) is 3.70. The first-order chi connectivity index (χ1) is 5.94. The smallest absolute Gasteiger partial charge is 0.0254 e. The van der Waals surface area contributed by atoms with Gasteiger partial charge in [-0.25, -0.2) is 5.01 Å². The highest BCUT2D eigenvalue weighted by molar-refractivity contribution is 5.01. The maximum Gasteiger partial charge on any atom is 0.0254 e. The van der Waals surface area contributed by atoms with E-state index in [4.69, 9.17) is 0 Å². The van der Waals surface area contributed by atoms with Crippen molar-refractivity contribution in [2.75, 3.05) is 13.6 Å². The predicted molar refractivity (Wildman–Crippen MR) is 55.3 cm³/mol. The van der Waals surface area contributed by atoms with Crippen LogP contribution in [-0.4, -0.2) is 24.6 Å². The zero-order chi connectivity index (χ0) is 9.69. The van der Waals surface area contributed by atoms with Gasteiger partial charge < -0.3 is 0 Å². The fraction of sp³-hybridized carbons (Fsp3) is 1.00. The van der Waals surface area contributed by atoms with Gasteiger partial charge in [-0.2, -0.15) is 0 Å². The monoisotopic (exact) mass is 182 g/mol. The van der Waals surface area contributed by atoms with E-state index in [0.29, 0.717) is 10.8 Å². The quantitative estimate of drug-likeness (QED) is 0.667. The van der Waals surface area contributed by atoms with Gasteiger partial charge in [0.1, 0.15) is 0 Å². The van der Waals surface area contributed by atoms with Crippen LogP contribution in [0.25, 0.3) is 0 Å². The van der Waals surface area contributed by atoms with E-state index < -0.39 is 0 Å². The van der Waals surface area contributed by atoms with Gasteiger partial charge in [0.2, 0.25) is 0 Å². The Morgan fingerprint density at radius 3 is 2.54 bits per heavy atom. The topological polar surface area (TPSA) is 15.3 Å². The molecule has 0 amide bonds. The molecule has 1 aliphatic heterocycles. The summed E-state index contributed by atoms with van der Waals surface area (Å²) in [5.74, 6) is 0. The summed E-state index contributed by atoms with van der Waals surface area (Å²) in [4.78, 5) is 0. The second-order valence-electron chi connectivity index (χ2n) is 6.07. The van der Waals surface area contributed by atoms with Gasteiger partial charge in [0.25, 0.3) is 0 Å². The molecular formula is C11H22N2. The number of rotatable bonds is 1. The Hall–Kier alpha value is -0.0800. The highest BCUT2D eigenvalue weighted by Gasteiger charge is 2.49. The second kappa shape index (κ2) is 2.71. The van der Waals surface area contributed by atoms with Gasteiger partial charge in [0, 0.05) is 12.6 Å². The molecule has 0 aromatic rings. The number of hydrazine groups is 1.